The van der Waals surface area contributed by atoms with Gasteiger partial charge in [-0.15, -0.1) is 0 Å². The fraction of sp³-hybridized carbons (Fsp3) is 0.600. The second-order valence-corrected chi connectivity index (χ2v) is 5.42. The molecule has 0 amide bonds. The minimum Gasteiger partial charge on any atom is -0.494 e. The lowest BCUT2D eigenvalue weighted by Crippen LogP contribution is -2.30. The number of fused-ring (bicyclic) bond motifs is 1. The molecule has 7 nitrogen and oxygen atoms in total. The Balaban J connectivity index is 1.89. The van der Waals surface area contributed by atoms with E-state index >= 15 is 0 Å². The molecule has 2 rings (SSSR count). The van der Waals surface area contributed by atoms with Crippen LogP contribution in [0.5, 0.6) is 5.75 Å². The maximum atomic E-state index is 10.7. The summed E-state index contributed by atoms with van der Waals surface area (Å²) in [4.78, 5) is 10.2. The van der Waals surface area contributed by atoms with E-state index in [4.69, 9.17) is 14.1 Å². The van der Waals surface area contributed by atoms with Crippen LogP contribution >= 0.6 is 0 Å². The van der Waals surface area contributed by atoms with Crippen molar-refractivity contribution in [3.05, 3.63) is 33.9 Å². The predicted molar refractivity (Wildman–Crippen MR) is 85.6 cm³/mol. The molecule has 1 heterocycles. The number of nitrogens with zero attached hydrogens (tertiary/aromatic N) is 1. The van der Waals surface area contributed by atoms with E-state index in [1.807, 2.05) is 0 Å². The predicted octanol–water partition coefficient (Wildman–Crippen LogP) is 1.31. The Hall–Kier alpha value is -1.64. The van der Waals surface area contributed by atoms with Gasteiger partial charge in [0.05, 0.1) is 6.61 Å². The summed E-state index contributed by atoms with van der Waals surface area (Å²) in [6.45, 7) is 3.57. The average molecular weight is 323 g/mol. The van der Waals surface area contributed by atoms with Crippen LogP contribution in [0.4, 0.5) is 0 Å². The number of hydrogen-bond acceptors (Lipinski definition) is 6. The summed E-state index contributed by atoms with van der Waals surface area (Å²) in [7, 11) is -1.19. The molecule has 0 aromatic heterocycles. The first-order chi connectivity index (χ1) is 11.1. The van der Waals surface area contributed by atoms with Crippen molar-refractivity contribution < 1.29 is 24.1 Å². The third-order valence-corrected chi connectivity index (χ3v) is 3.63. The average Bonchev–Trinajstić information content (AvgIpc) is 2.83. The highest BCUT2D eigenvalue weighted by molar-refractivity contribution is 6.62. The van der Waals surface area contributed by atoms with Gasteiger partial charge in [-0.05, 0) is 18.1 Å². The number of ether oxygens (including phenoxy) is 2. The first-order valence-corrected chi connectivity index (χ1v) is 7.92. The molecule has 0 saturated heterocycles. The molecule has 0 fully saturated rings. The van der Waals surface area contributed by atoms with Gasteiger partial charge in [0.15, 0.2) is 0 Å². The van der Waals surface area contributed by atoms with E-state index in [0.717, 1.165) is 25.9 Å². The zero-order valence-corrected chi connectivity index (χ0v) is 13.3. The molecule has 1 aliphatic heterocycles. The van der Waals surface area contributed by atoms with E-state index < -0.39 is 18.1 Å². The van der Waals surface area contributed by atoms with E-state index in [0.29, 0.717) is 30.0 Å². The van der Waals surface area contributed by atoms with Crippen LogP contribution in [0, 0.1) is 10.1 Å². The van der Waals surface area contributed by atoms with Crippen molar-refractivity contribution in [1.29, 1.82) is 0 Å². The lowest BCUT2D eigenvalue weighted by molar-refractivity contribution is -0.490. The normalized spacial score (nSPS) is 16.4. The molecule has 23 heavy (non-hydrogen) atoms. The van der Waals surface area contributed by atoms with Crippen LogP contribution in [0.15, 0.2) is 18.2 Å². The molecule has 0 spiro atoms. The summed E-state index contributed by atoms with van der Waals surface area (Å²) in [6.07, 6.45) is 2.16. The van der Waals surface area contributed by atoms with Crippen molar-refractivity contribution in [3.8, 4) is 5.75 Å². The van der Waals surface area contributed by atoms with Gasteiger partial charge in [-0.25, -0.2) is 0 Å². The van der Waals surface area contributed by atoms with Gasteiger partial charge in [-0.3, -0.25) is 10.1 Å². The van der Waals surface area contributed by atoms with E-state index in [1.54, 1.807) is 18.2 Å². The number of benzene rings is 1. The van der Waals surface area contributed by atoms with Crippen LogP contribution in [0.3, 0.4) is 0 Å². The maximum absolute atomic E-state index is 10.7. The van der Waals surface area contributed by atoms with Crippen molar-refractivity contribution in [3.63, 3.8) is 0 Å². The van der Waals surface area contributed by atoms with Gasteiger partial charge in [0.25, 0.3) is 0 Å². The smallest absolute Gasteiger partial charge is 0.494 e. The van der Waals surface area contributed by atoms with Gasteiger partial charge in [0.2, 0.25) is 6.54 Å². The molecular weight excluding hydrogens is 301 g/mol. The molecule has 0 aliphatic carbocycles. The summed E-state index contributed by atoms with van der Waals surface area (Å²) in [5.74, 6) is 0.509. The Morgan fingerprint density at radius 2 is 2.13 bits per heavy atom. The van der Waals surface area contributed by atoms with Crippen molar-refractivity contribution >= 4 is 12.6 Å². The number of unbranched alkanes of at least 4 members (excludes halogenated alkanes) is 1. The Morgan fingerprint density at radius 3 is 2.87 bits per heavy atom. The number of nitro groups is 1. The van der Waals surface area contributed by atoms with Crippen LogP contribution in [0.2, 0.25) is 0 Å². The third-order valence-electron chi connectivity index (χ3n) is 3.63. The third kappa shape index (κ3) is 4.92. The van der Waals surface area contributed by atoms with Gasteiger partial charge in [-0.1, -0.05) is 25.5 Å². The zero-order valence-electron chi connectivity index (χ0n) is 13.3. The van der Waals surface area contributed by atoms with Crippen molar-refractivity contribution in [2.24, 2.45) is 0 Å². The molecular formula is C15H22BNO6. The number of rotatable bonds is 10. The minimum atomic E-state index is -1.19. The monoisotopic (exact) mass is 323 g/mol. The SMILES string of the molecule is CCCCOCCCOc1cccc2c1B(O)OC2C[N+](=O)[O-]. The molecule has 1 aliphatic rings. The van der Waals surface area contributed by atoms with Crippen molar-refractivity contribution in [1.82, 2.24) is 0 Å². The fourth-order valence-corrected chi connectivity index (χ4v) is 2.50. The van der Waals surface area contributed by atoms with Gasteiger partial charge >= 0.3 is 7.12 Å². The molecule has 0 saturated carbocycles. The quantitative estimate of drug-likeness (QED) is 0.302. The topological polar surface area (TPSA) is 91.1 Å². The second kappa shape index (κ2) is 8.86. The van der Waals surface area contributed by atoms with Gasteiger partial charge in [-0.2, -0.15) is 0 Å². The summed E-state index contributed by atoms with van der Waals surface area (Å²) in [6, 6.07) is 5.21. The largest absolute Gasteiger partial charge is 0.496 e. The molecule has 8 heteroatoms. The molecule has 1 aromatic carbocycles. The number of hydrogen-bond donors (Lipinski definition) is 1. The van der Waals surface area contributed by atoms with E-state index in [1.165, 1.54) is 0 Å². The standard InChI is InChI=1S/C15H22BNO6/c1-2-3-8-21-9-5-10-22-13-7-4-6-12-14(11-17(19)20)23-16(18)15(12)13/h4,6-7,14,18H,2-3,5,8-11H2,1H3. The van der Waals surface area contributed by atoms with E-state index in [2.05, 4.69) is 6.92 Å². The fourth-order valence-electron chi connectivity index (χ4n) is 2.50. The van der Waals surface area contributed by atoms with Crippen molar-refractivity contribution in [2.75, 3.05) is 26.4 Å². The Bertz CT molecular complexity index is 527. The van der Waals surface area contributed by atoms with Gasteiger partial charge in [0, 0.05) is 30.0 Å². The summed E-state index contributed by atoms with van der Waals surface area (Å²) in [5.41, 5.74) is 1.11. The molecule has 1 aromatic rings. The maximum Gasteiger partial charge on any atom is 0.496 e. The first-order valence-electron chi connectivity index (χ1n) is 7.92. The highest BCUT2D eigenvalue weighted by Gasteiger charge is 2.40. The molecule has 1 atom stereocenters. The Labute approximate surface area is 135 Å². The summed E-state index contributed by atoms with van der Waals surface area (Å²) >= 11 is 0. The molecule has 1 N–H and O–H groups in total. The first kappa shape index (κ1) is 17.7. The van der Waals surface area contributed by atoms with Crippen LogP contribution in [-0.4, -0.2) is 43.4 Å². The van der Waals surface area contributed by atoms with Crippen LogP contribution in [0.1, 0.15) is 37.9 Å². The van der Waals surface area contributed by atoms with E-state index in [9.17, 15) is 15.1 Å². The van der Waals surface area contributed by atoms with E-state index in [-0.39, 0.29) is 6.54 Å². The van der Waals surface area contributed by atoms with Crippen LogP contribution < -0.4 is 10.2 Å². The molecule has 0 bridgehead atoms. The second-order valence-electron chi connectivity index (χ2n) is 5.42. The van der Waals surface area contributed by atoms with Gasteiger partial charge < -0.3 is 19.2 Å². The van der Waals surface area contributed by atoms with Crippen molar-refractivity contribution in [2.45, 2.75) is 32.3 Å². The Morgan fingerprint density at radius 1 is 1.35 bits per heavy atom. The molecule has 126 valence electrons. The molecule has 0 radical (unpaired) electrons. The zero-order chi connectivity index (χ0) is 16.7. The summed E-state index contributed by atoms with van der Waals surface area (Å²) in [5, 5.41) is 20.7. The minimum absolute atomic E-state index is 0.376. The molecule has 1 unspecified atom stereocenters. The van der Waals surface area contributed by atoms with Gasteiger partial charge in [0.1, 0.15) is 11.9 Å². The highest BCUT2D eigenvalue weighted by atomic mass is 16.6. The summed E-state index contributed by atoms with van der Waals surface area (Å²) < 4.78 is 16.4. The Kier molecular flexibility index (Phi) is 6.82. The van der Waals surface area contributed by atoms with Crippen LogP contribution in [-0.2, 0) is 9.39 Å². The lowest BCUT2D eigenvalue weighted by atomic mass is 9.78. The highest BCUT2D eigenvalue weighted by Crippen LogP contribution is 2.27. The van der Waals surface area contributed by atoms with Crippen LogP contribution in [0.25, 0.3) is 0 Å². The lowest BCUT2D eigenvalue weighted by Gasteiger charge is -2.11.